The van der Waals surface area contributed by atoms with Gasteiger partial charge in [0.1, 0.15) is 0 Å². The molecule has 2 nitrogen and oxygen atoms in total. The minimum atomic E-state index is 0.279. The molecule has 4 heteroatoms. The molecule has 0 amide bonds. The maximum Gasteiger partial charge on any atom is 0.0701 e. The van der Waals surface area contributed by atoms with Gasteiger partial charge in [0.15, 0.2) is 0 Å². The number of halogens is 1. The minimum absolute atomic E-state index is 0.279. The van der Waals surface area contributed by atoms with Crippen molar-refractivity contribution >= 4 is 27.3 Å². The first-order valence-corrected chi connectivity index (χ1v) is 7.86. The van der Waals surface area contributed by atoms with Crippen molar-refractivity contribution in [3.8, 4) is 0 Å². The predicted octanol–water partition coefficient (Wildman–Crippen LogP) is 3.47. The van der Waals surface area contributed by atoms with E-state index in [0.717, 1.165) is 19.6 Å². The lowest BCUT2D eigenvalue weighted by Crippen LogP contribution is -2.61. The van der Waals surface area contributed by atoms with Gasteiger partial charge in [-0.1, -0.05) is 6.92 Å². The van der Waals surface area contributed by atoms with Gasteiger partial charge < -0.3 is 5.32 Å². The Hall–Kier alpha value is 0.1000. The predicted molar refractivity (Wildman–Crippen MR) is 78.6 cm³/mol. The molecule has 0 bridgehead atoms. The number of nitrogens with one attached hydrogen (secondary N) is 1. The van der Waals surface area contributed by atoms with Crippen LogP contribution in [0.25, 0.3) is 0 Å². The molecule has 0 saturated carbocycles. The Labute approximate surface area is 117 Å². The van der Waals surface area contributed by atoms with Crippen LogP contribution in [0.4, 0.5) is 0 Å². The molecule has 1 aromatic heterocycles. The van der Waals surface area contributed by atoms with Crippen LogP contribution in [0.15, 0.2) is 15.9 Å². The first kappa shape index (κ1) is 13.5. The van der Waals surface area contributed by atoms with Gasteiger partial charge in [0.05, 0.1) is 3.79 Å². The smallest absolute Gasteiger partial charge is 0.0701 e. The topological polar surface area (TPSA) is 15.3 Å². The lowest BCUT2D eigenvalue weighted by Gasteiger charge is -2.44. The maximum atomic E-state index is 3.67. The van der Waals surface area contributed by atoms with Crippen molar-refractivity contribution in [3.05, 3.63) is 20.8 Å². The molecule has 2 atom stereocenters. The fourth-order valence-electron chi connectivity index (χ4n) is 2.27. The van der Waals surface area contributed by atoms with E-state index < -0.39 is 0 Å². The van der Waals surface area contributed by atoms with Crippen molar-refractivity contribution in [2.24, 2.45) is 0 Å². The second kappa shape index (κ2) is 5.39. The summed E-state index contributed by atoms with van der Waals surface area (Å²) in [5.74, 6) is 0. The summed E-state index contributed by atoms with van der Waals surface area (Å²) < 4.78 is 1.23. The zero-order valence-electron chi connectivity index (χ0n) is 10.8. The van der Waals surface area contributed by atoms with Crippen molar-refractivity contribution in [1.29, 1.82) is 0 Å². The molecule has 0 radical (unpaired) electrons. The fraction of sp³-hybridized carbons (Fsp3) is 0.692. The second-order valence-corrected chi connectivity index (χ2v) is 7.80. The summed E-state index contributed by atoms with van der Waals surface area (Å²) in [4.78, 5) is 4.04. The van der Waals surface area contributed by atoms with Gasteiger partial charge in [-0.05, 0) is 48.3 Å². The Morgan fingerprint density at radius 3 is 2.94 bits per heavy atom. The highest BCUT2D eigenvalue weighted by atomic mass is 79.9. The molecule has 2 unspecified atom stereocenters. The zero-order chi connectivity index (χ0) is 12.5. The molecular formula is C13H21BrN2S. The van der Waals surface area contributed by atoms with E-state index in [0.29, 0.717) is 6.04 Å². The summed E-state index contributed by atoms with van der Waals surface area (Å²) in [5, 5.41) is 3.67. The van der Waals surface area contributed by atoms with E-state index in [4.69, 9.17) is 0 Å². The molecule has 1 saturated heterocycles. The molecule has 96 valence electrons. The Morgan fingerprint density at radius 1 is 1.59 bits per heavy atom. The van der Waals surface area contributed by atoms with E-state index in [-0.39, 0.29) is 5.54 Å². The fourth-order valence-corrected chi connectivity index (χ4v) is 3.78. The molecule has 0 aromatic carbocycles. The molecular weight excluding hydrogens is 296 g/mol. The summed E-state index contributed by atoms with van der Waals surface area (Å²) in [6.07, 6.45) is 1.18. The van der Waals surface area contributed by atoms with Gasteiger partial charge in [0, 0.05) is 36.1 Å². The van der Waals surface area contributed by atoms with Crippen molar-refractivity contribution in [1.82, 2.24) is 10.2 Å². The van der Waals surface area contributed by atoms with Crippen molar-refractivity contribution in [3.63, 3.8) is 0 Å². The van der Waals surface area contributed by atoms with E-state index >= 15 is 0 Å². The van der Waals surface area contributed by atoms with Crippen LogP contribution in [0.1, 0.15) is 32.1 Å². The van der Waals surface area contributed by atoms with Crippen LogP contribution >= 0.6 is 27.3 Å². The highest BCUT2D eigenvalue weighted by Crippen LogP contribution is 2.26. The van der Waals surface area contributed by atoms with Gasteiger partial charge in [0.2, 0.25) is 0 Å². The summed E-state index contributed by atoms with van der Waals surface area (Å²) in [7, 11) is 0. The highest BCUT2D eigenvalue weighted by molar-refractivity contribution is 9.11. The van der Waals surface area contributed by atoms with E-state index in [2.05, 4.69) is 59.1 Å². The Morgan fingerprint density at radius 2 is 2.35 bits per heavy atom. The molecule has 1 aromatic rings. The van der Waals surface area contributed by atoms with Crippen LogP contribution in [0, 0.1) is 0 Å². The Kier molecular flexibility index (Phi) is 4.29. The monoisotopic (exact) mass is 316 g/mol. The van der Waals surface area contributed by atoms with Crippen LogP contribution < -0.4 is 5.32 Å². The van der Waals surface area contributed by atoms with Gasteiger partial charge in [0.25, 0.3) is 0 Å². The third-order valence-corrected chi connectivity index (χ3v) is 5.38. The minimum Gasteiger partial charge on any atom is -0.309 e. The number of piperazine rings is 1. The largest absolute Gasteiger partial charge is 0.309 e. The molecule has 0 spiro atoms. The van der Waals surface area contributed by atoms with Crippen LogP contribution in [0.2, 0.25) is 0 Å². The summed E-state index contributed by atoms with van der Waals surface area (Å²) >= 11 is 5.38. The normalized spacial score (nSPS) is 30.7. The molecule has 1 aliphatic rings. The SMILES string of the molecule is CCC1(C)CN(Cc2ccc(Br)s2)C(C)CN1. The van der Waals surface area contributed by atoms with Gasteiger partial charge in [-0.2, -0.15) is 0 Å². The van der Waals surface area contributed by atoms with Gasteiger partial charge in [-0.15, -0.1) is 11.3 Å². The number of nitrogens with zero attached hydrogens (tertiary/aromatic N) is 1. The Balaban J connectivity index is 2.03. The highest BCUT2D eigenvalue weighted by Gasteiger charge is 2.32. The standard InChI is InChI=1S/C13H21BrN2S/c1-4-13(3)9-16(10(2)7-15-13)8-11-5-6-12(14)17-11/h5-6,10,15H,4,7-9H2,1-3H3. The first-order chi connectivity index (χ1) is 8.02. The zero-order valence-corrected chi connectivity index (χ0v) is 13.2. The van der Waals surface area contributed by atoms with E-state index in [1.807, 2.05) is 11.3 Å². The van der Waals surface area contributed by atoms with Crippen molar-refractivity contribution in [2.75, 3.05) is 13.1 Å². The third kappa shape index (κ3) is 3.31. The molecule has 2 rings (SSSR count). The van der Waals surface area contributed by atoms with Crippen LogP contribution in [0.3, 0.4) is 0 Å². The number of thiophene rings is 1. The molecule has 17 heavy (non-hydrogen) atoms. The average molecular weight is 317 g/mol. The number of rotatable bonds is 3. The van der Waals surface area contributed by atoms with Crippen LogP contribution in [-0.4, -0.2) is 29.6 Å². The van der Waals surface area contributed by atoms with E-state index in [9.17, 15) is 0 Å². The maximum absolute atomic E-state index is 3.67. The first-order valence-electron chi connectivity index (χ1n) is 6.26. The summed E-state index contributed by atoms with van der Waals surface area (Å²) in [5.41, 5.74) is 0.279. The number of hydrogen-bond donors (Lipinski definition) is 1. The molecule has 1 aliphatic heterocycles. The summed E-state index contributed by atoms with van der Waals surface area (Å²) in [6, 6.07) is 4.99. The van der Waals surface area contributed by atoms with Gasteiger partial charge in [-0.25, -0.2) is 0 Å². The second-order valence-electron chi connectivity index (χ2n) is 5.25. The third-order valence-electron chi connectivity index (χ3n) is 3.77. The average Bonchev–Trinajstić information content (AvgIpc) is 2.70. The van der Waals surface area contributed by atoms with Crippen LogP contribution in [0.5, 0.6) is 0 Å². The van der Waals surface area contributed by atoms with Gasteiger partial charge >= 0.3 is 0 Å². The summed E-state index contributed by atoms with van der Waals surface area (Å²) in [6.45, 7) is 10.2. The van der Waals surface area contributed by atoms with Crippen molar-refractivity contribution in [2.45, 2.75) is 45.3 Å². The molecule has 2 heterocycles. The molecule has 1 fully saturated rings. The lowest BCUT2D eigenvalue weighted by atomic mass is 9.94. The van der Waals surface area contributed by atoms with E-state index in [1.165, 1.54) is 15.1 Å². The Bertz CT molecular complexity index is 379. The quantitative estimate of drug-likeness (QED) is 0.918. The lowest BCUT2D eigenvalue weighted by molar-refractivity contribution is 0.0875. The molecule has 0 aliphatic carbocycles. The number of hydrogen-bond acceptors (Lipinski definition) is 3. The van der Waals surface area contributed by atoms with Gasteiger partial charge in [-0.3, -0.25) is 4.90 Å². The van der Waals surface area contributed by atoms with E-state index in [1.54, 1.807) is 0 Å². The van der Waals surface area contributed by atoms with Crippen LogP contribution in [-0.2, 0) is 6.54 Å². The molecule has 1 N–H and O–H groups in total. The van der Waals surface area contributed by atoms with Crippen molar-refractivity contribution < 1.29 is 0 Å².